The average Bonchev–Trinajstić information content (AvgIpc) is 2.33. The molecule has 0 fully saturated rings. The zero-order valence-electron chi connectivity index (χ0n) is 9.15. The number of esters is 1. The first kappa shape index (κ1) is 10.5. The number of rotatable bonds is 1. The number of fused-ring (bicyclic) bond motifs is 1. The Kier molecular flexibility index (Phi) is 2.52. The van der Waals surface area contributed by atoms with Crippen molar-refractivity contribution in [3.8, 4) is 5.75 Å². The zero-order chi connectivity index (χ0) is 11.7. The van der Waals surface area contributed by atoms with E-state index in [0.717, 1.165) is 10.8 Å². The standard InChI is InChI=1S/C13H12O3/c1-8-10-6-4-3-5-9(10)7-11(12(8)14)13(15)16-2/h3-7,14H,1-2H3. The van der Waals surface area contributed by atoms with Crippen LogP contribution >= 0.6 is 0 Å². The highest BCUT2D eigenvalue weighted by Crippen LogP contribution is 2.30. The van der Waals surface area contributed by atoms with E-state index in [1.165, 1.54) is 7.11 Å². The van der Waals surface area contributed by atoms with E-state index in [2.05, 4.69) is 4.74 Å². The number of methoxy groups -OCH3 is 1. The highest BCUT2D eigenvalue weighted by Gasteiger charge is 2.15. The van der Waals surface area contributed by atoms with Gasteiger partial charge in [0.2, 0.25) is 0 Å². The number of hydrogen-bond donors (Lipinski definition) is 1. The second kappa shape index (κ2) is 3.85. The molecule has 1 N–H and O–H groups in total. The smallest absolute Gasteiger partial charge is 0.341 e. The number of aryl methyl sites for hydroxylation is 1. The summed E-state index contributed by atoms with van der Waals surface area (Å²) < 4.78 is 4.62. The minimum atomic E-state index is -0.522. The van der Waals surface area contributed by atoms with Gasteiger partial charge in [-0.1, -0.05) is 24.3 Å². The Morgan fingerprint density at radius 1 is 1.31 bits per heavy atom. The number of benzene rings is 2. The van der Waals surface area contributed by atoms with Crippen LogP contribution in [0, 0.1) is 6.92 Å². The molecular formula is C13H12O3. The van der Waals surface area contributed by atoms with E-state index in [-0.39, 0.29) is 11.3 Å². The molecule has 3 heteroatoms. The van der Waals surface area contributed by atoms with E-state index in [1.807, 2.05) is 24.3 Å². The summed E-state index contributed by atoms with van der Waals surface area (Å²) in [5.74, 6) is -0.531. The molecule has 82 valence electrons. The van der Waals surface area contributed by atoms with Crippen LogP contribution in [-0.4, -0.2) is 18.2 Å². The highest BCUT2D eigenvalue weighted by molar-refractivity contribution is 6.00. The molecular weight excluding hydrogens is 204 g/mol. The molecule has 3 nitrogen and oxygen atoms in total. The van der Waals surface area contributed by atoms with Crippen molar-refractivity contribution >= 4 is 16.7 Å². The lowest BCUT2D eigenvalue weighted by atomic mass is 10.0. The molecule has 0 aliphatic heterocycles. The summed E-state index contributed by atoms with van der Waals surface area (Å²) in [5.41, 5.74) is 0.900. The van der Waals surface area contributed by atoms with E-state index in [1.54, 1.807) is 13.0 Å². The van der Waals surface area contributed by atoms with Gasteiger partial charge in [-0.25, -0.2) is 4.79 Å². The van der Waals surface area contributed by atoms with Crippen molar-refractivity contribution in [2.75, 3.05) is 7.11 Å². The fourth-order valence-electron chi connectivity index (χ4n) is 1.78. The lowest BCUT2D eigenvalue weighted by Gasteiger charge is -2.09. The summed E-state index contributed by atoms with van der Waals surface area (Å²) in [5, 5.41) is 11.7. The van der Waals surface area contributed by atoms with E-state index >= 15 is 0 Å². The van der Waals surface area contributed by atoms with Gasteiger partial charge in [0, 0.05) is 0 Å². The highest BCUT2D eigenvalue weighted by atomic mass is 16.5. The normalized spacial score (nSPS) is 10.4. The molecule has 0 heterocycles. The molecule has 2 rings (SSSR count). The topological polar surface area (TPSA) is 46.5 Å². The maximum absolute atomic E-state index is 11.4. The van der Waals surface area contributed by atoms with Crippen LogP contribution in [0.2, 0.25) is 0 Å². The molecule has 0 aliphatic rings. The molecule has 2 aromatic rings. The van der Waals surface area contributed by atoms with E-state index in [0.29, 0.717) is 5.56 Å². The van der Waals surface area contributed by atoms with Gasteiger partial charge in [-0.05, 0) is 29.3 Å². The lowest BCUT2D eigenvalue weighted by molar-refractivity contribution is 0.0597. The summed E-state index contributed by atoms with van der Waals surface area (Å²) >= 11 is 0. The fraction of sp³-hybridized carbons (Fsp3) is 0.154. The van der Waals surface area contributed by atoms with Crippen molar-refractivity contribution in [2.24, 2.45) is 0 Å². The maximum atomic E-state index is 11.4. The molecule has 0 saturated heterocycles. The number of phenolic OH excluding ortho intramolecular Hbond substituents is 1. The zero-order valence-corrected chi connectivity index (χ0v) is 9.15. The Balaban J connectivity index is 2.78. The minimum Gasteiger partial charge on any atom is -0.507 e. The van der Waals surface area contributed by atoms with E-state index < -0.39 is 5.97 Å². The van der Waals surface area contributed by atoms with Gasteiger partial charge >= 0.3 is 5.97 Å². The van der Waals surface area contributed by atoms with Crippen LogP contribution in [0.15, 0.2) is 30.3 Å². The van der Waals surface area contributed by atoms with Crippen molar-refractivity contribution in [1.82, 2.24) is 0 Å². The molecule has 0 amide bonds. The number of hydrogen-bond acceptors (Lipinski definition) is 3. The first-order valence-electron chi connectivity index (χ1n) is 4.94. The number of carbonyl (C=O) groups is 1. The van der Waals surface area contributed by atoms with Gasteiger partial charge in [0.15, 0.2) is 0 Å². The van der Waals surface area contributed by atoms with Crippen LogP contribution < -0.4 is 0 Å². The van der Waals surface area contributed by atoms with Crippen LogP contribution in [-0.2, 0) is 4.74 Å². The fourth-order valence-corrected chi connectivity index (χ4v) is 1.78. The summed E-state index contributed by atoms with van der Waals surface area (Å²) in [6.07, 6.45) is 0. The number of ether oxygens (including phenoxy) is 1. The second-order valence-corrected chi connectivity index (χ2v) is 3.61. The number of aromatic hydroxyl groups is 1. The van der Waals surface area contributed by atoms with Gasteiger partial charge < -0.3 is 9.84 Å². The monoisotopic (exact) mass is 216 g/mol. The predicted molar refractivity (Wildman–Crippen MR) is 61.7 cm³/mol. The summed E-state index contributed by atoms with van der Waals surface area (Å²) in [6.45, 7) is 1.78. The van der Waals surface area contributed by atoms with Crippen LogP contribution in [0.3, 0.4) is 0 Å². The first-order valence-corrected chi connectivity index (χ1v) is 4.94. The van der Waals surface area contributed by atoms with Gasteiger partial charge in [-0.3, -0.25) is 0 Å². The summed E-state index contributed by atoms with van der Waals surface area (Å²) in [4.78, 5) is 11.4. The third kappa shape index (κ3) is 1.50. The van der Waals surface area contributed by atoms with Crippen LogP contribution in [0.25, 0.3) is 10.8 Å². The number of phenols is 1. The Morgan fingerprint density at radius 2 is 2.00 bits per heavy atom. The van der Waals surface area contributed by atoms with Crippen molar-refractivity contribution in [3.05, 3.63) is 41.5 Å². The molecule has 0 unspecified atom stereocenters. The molecule has 2 aromatic carbocycles. The first-order chi connectivity index (χ1) is 7.65. The average molecular weight is 216 g/mol. The predicted octanol–water partition coefficient (Wildman–Crippen LogP) is 2.64. The SMILES string of the molecule is COC(=O)c1cc2ccccc2c(C)c1O. The van der Waals surface area contributed by atoms with Crippen LogP contribution in [0.4, 0.5) is 0 Å². The van der Waals surface area contributed by atoms with Crippen molar-refractivity contribution in [3.63, 3.8) is 0 Å². The summed E-state index contributed by atoms with van der Waals surface area (Å²) in [6, 6.07) is 9.23. The molecule has 16 heavy (non-hydrogen) atoms. The summed E-state index contributed by atoms with van der Waals surface area (Å²) in [7, 11) is 1.30. The molecule has 0 atom stereocenters. The largest absolute Gasteiger partial charge is 0.507 e. The Bertz CT molecular complexity index is 558. The Hall–Kier alpha value is -2.03. The maximum Gasteiger partial charge on any atom is 0.341 e. The van der Waals surface area contributed by atoms with E-state index in [9.17, 15) is 9.90 Å². The van der Waals surface area contributed by atoms with Crippen molar-refractivity contribution in [2.45, 2.75) is 6.92 Å². The number of carbonyl (C=O) groups excluding carboxylic acids is 1. The van der Waals surface area contributed by atoms with Crippen LogP contribution in [0.5, 0.6) is 5.75 Å². The third-order valence-electron chi connectivity index (χ3n) is 2.68. The van der Waals surface area contributed by atoms with Crippen LogP contribution in [0.1, 0.15) is 15.9 Å². The van der Waals surface area contributed by atoms with Gasteiger partial charge in [0.1, 0.15) is 11.3 Å². The van der Waals surface area contributed by atoms with Gasteiger partial charge in [-0.2, -0.15) is 0 Å². The second-order valence-electron chi connectivity index (χ2n) is 3.61. The molecule has 0 aliphatic carbocycles. The molecule has 0 spiro atoms. The van der Waals surface area contributed by atoms with Crippen molar-refractivity contribution in [1.29, 1.82) is 0 Å². The molecule has 0 radical (unpaired) electrons. The minimum absolute atomic E-state index is 0.00875. The van der Waals surface area contributed by atoms with E-state index in [4.69, 9.17) is 0 Å². The molecule has 0 saturated carbocycles. The molecule has 0 aromatic heterocycles. The lowest BCUT2D eigenvalue weighted by Crippen LogP contribution is -2.02. The van der Waals surface area contributed by atoms with Gasteiger partial charge in [0.05, 0.1) is 7.11 Å². The quantitative estimate of drug-likeness (QED) is 0.745. The molecule has 0 bridgehead atoms. The van der Waals surface area contributed by atoms with Crippen molar-refractivity contribution < 1.29 is 14.6 Å². The third-order valence-corrected chi connectivity index (χ3v) is 2.68. The van der Waals surface area contributed by atoms with Gasteiger partial charge in [-0.15, -0.1) is 0 Å². The van der Waals surface area contributed by atoms with Gasteiger partial charge in [0.25, 0.3) is 0 Å². The Morgan fingerprint density at radius 3 is 2.69 bits per heavy atom. The Labute approximate surface area is 93.3 Å².